The monoisotopic (exact) mass is 140 g/mol. The zero-order valence-corrected chi connectivity index (χ0v) is 6.29. The van der Waals surface area contributed by atoms with Gasteiger partial charge in [0.1, 0.15) is 0 Å². The lowest BCUT2D eigenvalue weighted by molar-refractivity contribution is 0.141. The van der Waals surface area contributed by atoms with Gasteiger partial charge in [0.05, 0.1) is 6.21 Å². The Morgan fingerprint density at radius 1 is 1.80 bits per heavy atom. The van der Waals surface area contributed by atoms with Crippen molar-refractivity contribution in [3.63, 3.8) is 0 Å². The van der Waals surface area contributed by atoms with Crippen LogP contribution in [0.5, 0.6) is 0 Å². The van der Waals surface area contributed by atoms with Crippen LogP contribution in [0.2, 0.25) is 0 Å². The molecule has 0 radical (unpaired) electrons. The normalized spacial score (nSPS) is 24.2. The van der Waals surface area contributed by atoms with Crippen LogP contribution in [-0.2, 0) is 4.84 Å². The molecule has 0 bridgehead atoms. The average Bonchev–Trinajstić information content (AvgIpc) is 1.88. The van der Waals surface area contributed by atoms with Crippen molar-refractivity contribution in [2.45, 2.75) is 6.92 Å². The summed E-state index contributed by atoms with van der Waals surface area (Å²) in [6.07, 6.45) is 3.78. The highest BCUT2D eigenvalue weighted by atomic mass is 16.6. The third-order valence-corrected chi connectivity index (χ3v) is 1.28. The van der Waals surface area contributed by atoms with Gasteiger partial charge in [-0.3, -0.25) is 4.99 Å². The lowest BCUT2D eigenvalue weighted by Gasteiger charge is -2.10. The lowest BCUT2D eigenvalue weighted by atomic mass is 10.1. The van der Waals surface area contributed by atoms with Crippen molar-refractivity contribution >= 4 is 6.21 Å². The number of nitrogens with zero attached hydrogens (tertiary/aromatic N) is 1. The van der Waals surface area contributed by atoms with Crippen LogP contribution in [0.1, 0.15) is 6.92 Å². The molecule has 56 valence electrons. The van der Waals surface area contributed by atoms with Crippen LogP contribution in [-0.4, -0.2) is 19.8 Å². The van der Waals surface area contributed by atoms with Crippen molar-refractivity contribution in [3.8, 4) is 0 Å². The van der Waals surface area contributed by atoms with Gasteiger partial charge in [0, 0.05) is 13.6 Å². The minimum absolute atomic E-state index is 0.494. The first-order valence-electron chi connectivity index (χ1n) is 3.38. The zero-order chi connectivity index (χ0) is 7.40. The van der Waals surface area contributed by atoms with Crippen molar-refractivity contribution in [2.75, 3.05) is 13.6 Å². The van der Waals surface area contributed by atoms with E-state index in [0.29, 0.717) is 5.92 Å². The number of nitrogens with one attached hydrogen (secondary N) is 1. The number of allylic oxidation sites excluding steroid dienone is 1. The number of hydrogen-bond donors (Lipinski definition) is 1. The van der Waals surface area contributed by atoms with Gasteiger partial charge in [0.25, 0.3) is 0 Å². The fraction of sp³-hybridized carbons (Fsp3) is 0.571. The Morgan fingerprint density at radius 2 is 2.60 bits per heavy atom. The van der Waals surface area contributed by atoms with Crippen LogP contribution in [0.25, 0.3) is 0 Å². The van der Waals surface area contributed by atoms with Crippen LogP contribution in [0.15, 0.2) is 16.8 Å². The van der Waals surface area contributed by atoms with E-state index in [-0.39, 0.29) is 0 Å². The van der Waals surface area contributed by atoms with Crippen molar-refractivity contribution in [1.29, 1.82) is 0 Å². The predicted octanol–water partition coefficient (Wildman–Crippen LogP) is 0.742. The van der Waals surface area contributed by atoms with E-state index in [1.807, 2.05) is 6.08 Å². The van der Waals surface area contributed by atoms with Crippen molar-refractivity contribution < 1.29 is 4.84 Å². The maximum atomic E-state index is 5.02. The van der Waals surface area contributed by atoms with E-state index < -0.39 is 0 Å². The van der Waals surface area contributed by atoms with Gasteiger partial charge >= 0.3 is 0 Å². The summed E-state index contributed by atoms with van der Waals surface area (Å²) in [5.74, 6) is 1.30. The Balaban J connectivity index is 2.49. The SMILES string of the molecule is CNOC1=CC(C)CN=C1. The molecule has 0 saturated heterocycles. The Labute approximate surface area is 60.7 Å². The Hall–Kier alpha value is -0.830. The van der Waals surface area contributed by atoms with Crippen LogP contribution < -0.4 is 5.48 Å². The molecular formula is C7H12N2O. The summed E-state index contributed by atoms with van der Waals surface area (Å²) in [5.41, 5.74) is 2.60. The number of rotatable bonds is 2. The van der Waals surface area contributed by atoms with Gasteiger partial charge in [0.2, 0.25) is 0 Å². The summed E-state index contributed by atoms with van der Waals surface area (Å²) >= 11 is 0. The summed E-state index contributed by atoms with van der Waals surface area (Å²) in [5, 5.41) is 0. The van der Waals surface area contributed by atoms with E-state index in [0.717, 1.165) is 12.3 Å². The highest BCUT2D eigenvalue weighted by molar-refractivity contribution is 5.76. The van der Waals surface area contributed by atoms with E-state index in [2.05, 4.69) is 17.4 Å². The third-order valence-electron chi connectivity index (χ3n) is 1.28. The Morgan fingerprint density at radius 3 is 3.20 bits per heavy atom. The minimum atomic E-state index is 0.494. The summed E-state index contributed by atoms with van der Waals surface area (Å²) < 4.78 is 0. The number of hydrogen-bond acceptors (Lipinski definition) is 3. The predicted molar refractivity (Wildman–Crippen MR) is 40.8 cm³/mol. The standard InChI is InChI=1S/C7H12N2O/c1-6-3-7(10-8-2)5-9-4-6/h3,5-6,8H,4H2,1-2H3. The Kier molecular flexibility index (Phi) is 2.45. The second-order valence-electron chi connectivity index (χ2n) is 2.35. The highest BCUT2D eigenvalue weighted by Gasteiger charge is 2.04. The van der Waals surface area contributed by atoms with E-state index in [4.69, 9.17) is 4.84 Å². The maximum absolute atomic E-state index is 5.02. The molecule has 0 aromatic heterocycles. The molecule has 0 aliphatic carbocycles. The Bertz CT molecular complexity index is 163. The van der Waals surface area contributed by atoms with Gasteiger partial charge in [-0.1, -0.05) is 6.92 Å². The van der Waals surface area contributed by atoms with Crippen molar-refractivity contribution in [1.82, 2.24) is 5.48 Å². The first-order valence-corrected chi connectivity index (χ1v) is 3.38. The number of aliphatic imine (C=N–C) groups is 1. The van der Waals surface area contributed by atoms with Crippen molar-refractivity contribution in [3.05, 3.63) is 11.8 Å². The topological polar surface area (TPSA) is 33.6 Å². The average molecular weight is 140 g/mol. The van der Waals surface area contributed by atoms with E-state index in [1.165, 1.54) is 0 Å². The molecule has 1 rings (SSSR count). The molecule has 0 amide bonds. The number of dihydropyridines is 1. The van der Waals surface area contributed by atoms with Gasteiger partial charge < -0.3 is 4.84 Å². The van der Waals surface area contributed by atoms with Gasteiger partial charge in [-0.25, -0.2) is 0 Å². The first kappa shape index (κ1) is 7.28. The summed E-state index contributed by atoms with van der Waals surface area (Å²) in [6.45, 7) is 2.98. The molecule has 1 unspecified atom stereocenters. The maximum Gasteiger partial charge on any atom is 0.161 e. The molecule has 0 aromatic carbocycles. The molecule has 0 spiro atoms. The van der Waals surface area contributed by atoms with Gasteiger partial charge in [-0.2, -0.15) is 5.48 Å². The molecule has 10 heavy (non-hydrogen) atoms. The molecular weight excluding hydrogens is 128 g/mol. The first-order chi connectivity index (χ1) is 4.83. The van der Waals surface area contributed by atoms with E-state index in [1.54, 1.807) is 13.3 Å². The van der Waals surface area contributed by atoms with Gasteiger partial charge in [-0.15, -0.1) is 0 Å². The molecule has 3 nitrogen and oxygen atoms in total. The molecule has 0 saturated carbocycles. The van der Waals surface area contributed by atoms with E-state index in [9.17, 15) is 0 Å². The molecule has 1 N–H and O–H groups in total. The summed E-state index contributed by atoms with van der Waals surface area (Å²) in [6, 6.07) is 0. The molecule has 1 heterocycles. The largest absolute Gasteiger partial charge is 0.408 e. The lowest BCUT2D eigenvalue weighted by Crippen LogP contribution is -2.12. The highest BCUT2D eigenvalue weighted by Crippen LogP contribution is 2.07. The summed E-state index contributed by atoms with van der Waals surface area (Å²) in [4.78, 5) is 9.11. The fourth-order valence-electron chi connectivity index (χ4n) is 0.863. The van der Waals surface area contributed by atoms with Crippen LogP contribution in [0.4, 0.5) is 0 Å². The van der Waals surface area contributed by atoms with Crippen LogP contribution >= 0.6 is 0 Å². The van der Waals surface area contributed by atoms with Gasteiger partial charge in [0.15, 0.2) is 5.76 Å². The third kappa shape index (κ3) is 1.84. The summed E-state index contributed by atoms with van der Waals surface area (Å²) in [7, 11) is 1.73. The second kappa shape index (κ2) is 3.37. The molecule has 1 aliphatic heterocycles. The minimum Gasteiger partial charge on any atom is -0.408 e. The quantitative estimate of drug-likeness (QED) is 0.574. The molecule has 3 heteroatoms. The fourth-order valence-corrected chi connectivity index (χ4v) is 0.863. The molecule has 1 atom stereocenters. The molecule has 0 fully saturated rings. The number of hydroxylamine groups is 1. The molecule has 1 aliphatic rings. The van der Waals surface area contributed by atoms with Crippen LogP contribution in [0.3, 0.4) is 0 Å². The van der Waals surface area contributed by atoms with Crippen LogP contribution in [0, 0.1) is 5.92 Å². The zero-order valence-electron chi connectivity index (χ0n) is 6.29. The smallest absolute Gasteiger partial charge is 0.161 e. The van der Waals surface area contributed by atoms with Gasteiger partial charge in [-0.05, 0) is 12.0 Å². The van der Waals surface area contributed by atoms with Crippen molar-refractivity contribution in [2.24, 2.45) is 10.9 Å². The van der Waals surface area contributed by atoms with E-state index >= 15 is 0 Å². The molecule has 0 aromatic rings. The second-order valence-corrected chi connectivity index (χ2v) is 2.35.